The van der Waals surface area contributed by atoms with E-state index in [1.54, 1.807) is 6.07 Å². The number of carboxylic acids is 1. The SMILES string of the molecule is O=C(O)c1c(F)cc(-c2ccc3c(c2)CC3)cc1F. The topological polar surface area (TPSA) is 37.3 Å². The van der Waals surface area contributed by atoms with Gasteiger partial charge in [-0.05, 0) is 47.2 Å². The first-order chi connectivity index (χ1) is 9.06. The van der Waals surface area contributed by atoms with Crippen molar-refractivity contribution in [1.29, 1.82) is 0 Å². The minimum atomic E-state index is -1.60. The van der Waals surface area contributed by atoms with Gasteiger partial charge in [0.2, 0.25) is 0 Å². The molecule has 96 valence electrons. The number of hydrogen-bond acceptors (Lipinski definition) is 1. The van der Waals surface area contributed by atoms with E-state index in [4.69, 9.17) is 5.11 Å². The molecule has 0 aromatic heterocycles. The lowest BCUT2D eigenvalue weighted by molar-refractivity contribution is 0.0686. The second-order valence-corrected chi connectivity index (χ2v) is 4.60. The summed E-state index contributed by atoms with van der Waals surface area (Å²) in [6, 6.07) is 7.76. The quantitative estimate of drug-likeness (QED) is 0.898. The number of aryl methyl sites for hydroxylation is 2. The molecule has 0 spiro atoms. The van der Waals surface area contributed by atoms with Gasteiger partial charge in [-0.25, -0.2) is 13.6 Å². The Bertz CT molecular complexity index is 670. The van der Waals surface area contributed by atoms with E-state index in [-0.39, 0.29) is 0 Å². The summed E-state index contributed by atoms with van der Waals surface area (Å²) in [5.41, 5.74) is 2.59. The van der Waals surface area contributed by atoms with Crippen LogP contribution in [0.3, 0.4) is 0 Å². The van der Waals surface area contributed by atoms with Crippen molar-refractivity contribution in [1.82, 2.24) is 0 Å². The molecule has 0 fully saturated rings. The molecule has 2 nitrogen and oxygen atoms in total. The number of rotatable bonds is 2. The maximum absolute atomic E-state index is 13.6. The molecule has 0 heterocycles. The highest BCUT2D eigenvalue weighted by Gasteiger charge is 2.19. The third-order valence-corrected chi connectivity index (χ3v) is 3.46. The minimum Gasteiger partial charge on any atom is -0.477 e. The van der Waals surface area contributed by atoms with Gasteiger partial charge < -0.3 is 5.11 Å². The van der Waals surface area contributed by atoms with E-state index in [0.29, 0.717) is 11.1 Å². The maximum atomic E-state index is 13.6. The Balaban J connectivity index is 2.10. The van der Waals surface area contributed by atoms with Crippen LogP contribution in [0.1, 0.15) is 21.5 Å². The largest absolute Gasteiger partial charge is 0.477 e. The normalized spacial score (nSPS) is 12.7. The van der Waals surface area contributed by atoms with E-state index in [9.17, 15) is 13.6 Å². The zero-order valence-corrected chi connectivity index (χ0v) is 9.91. The van der Waals surface area contributed by atoms with E-state index >= 15 is 0 Å². The monoisotopic (exact) mass is 260 g/mol. The molecule has 0 amide bonds. The summed E-state index contributed by atoms with van der Waals surface area (Å²) in [5.74, 6) is -3.70. The van der Waals surface area contributed by atoms with E-state index in [1.165, 1.54) is 11.1 Å². The van der Waals surface area contributed by atoms with E-state index in [0.717, 1.165) is 25.0 Å². The summed E-state index contributed by atoms with van der Waals surface area (Å²) in [5, 5.41) is 8.72. The molecular formula is C15H10F2O2. The highest BCUT2D eigenvalue weighted by atomic mass is 19.1. The first-order valence-electron chi connectivity index (χ1n) is 5.91. The van der Waals surface area contributed by atoms with Gasteiger partial charge in [0.1, 0.15) is 17.2 Å². The molecule has 0 saturated carbocycles. The summed E-state index contributed by atoms with van der Waals surface area (Å²) in [6.45, 7) is 0. The minimum absolute atomic E-state index is 0.356. The van der Waals surface area contributed by atoms with Gasteiger partial charge in [-0.1, -0.05) is 18.2 Å². The van der Waals surface area contributed by atoms with Crippen LogP contribution >= 0.6 is 0 Å². The zero-order valence-electron chi connectivity index (χ0n) is 9.91. The number of hydrogen-bond donors (Lipinski definition) is 1. The summed E-state index contributed by atoms with van der Waals surface area (Å²) < 4.78 is 27.2. The maximum Gasteiger partial charge on any atom is 0.341 e. The van der Waals surface area contributed by atoms with Crippen molar-refractivity contribution in [3.8, 4) is 11.1 Å². The first kappa shape index (κ1) is 11.8. The molecule has 0 bridgehead atoms. The van der Waals surface area contributed by atoms with Crippen LogP contribution in [0.25, 0.3) is 11.1 Å². The Morgan fingerprint density at radius 1 is 0.947 bits per heavy atom. The summed E-state index contributed by atoms with van der Waals surface area (Å²) in [6.07, 6.45) is 2.01. The molecule has 1 aliphatic carbocycles. The van der Waals surface area contributed by atoms with Gasteiger partial charge in [0, 0.05) is 0 Å². The predicted octanol–water partition coefficient (Wildman–Crippen LogP) is 3.43. The van der Waals surface area contributed by atoms with Crippen molar-refractivity contribution in [2.45, 2.75) is 12.8 Å². The van der Waals surface area contributed by atoms with Crippen LogP contribution in [0.2, 0.25) is 0 Å². The standard InChI is InChI=1S/C15H10F2O2/c16-12-6-11(7-13(17)14(12)15(18)19)10-4-2-8-1-3-9(8)5-10/h2,4-7H,1,3H2,(H,18,19). The average molecular weight is 260 g/mol. The molecule has 0 radical (unpaired) electrons. The van der Waals surface area contributed by atoms with Crippen molar-refractivity contribution >= 4 is 5.97 Å². The van der Waals surface area contributed by atoms with E-state index < -0.39 is 23.2 Å². The fourth-order valence-electron chi connectivity index (χ4n) is 2.32. The molecule has 0 saturated heterocycles. The van der Waals surface area contributed by atoms with Gasteiger partial charge in [-0.3, -0.25) is 0 Å². The second-order valence-electron chi connectivity index (χ2n) is 4.60. The smallest absolute Gasteiger partial charge is 0.341 e. The van der Waals surface area contributed by atoms with Gasteiger partial charge in [-0.15, -0.1) is 0 Å². The lowest BCUT2D eigenvalue weighted by Crippen LogP contribution is -2.08. The Labute approximate surface area is 108 Å². The average Bonchev–Trinajstić information content (AvgIpc) is 2.29. The van der Waals surface area contributed by atoms with Crippen LogP contribution in [0.15, 0.2) is 30.3 Å². The number of carboxylic acid groups (broad SMARTS) is 1. The Morgan fingerprint density at radius 2 is 1.58 bits per heavy atom. The van der Waals surface area contributed by atoms with Gasteiger partial charge in [0.15, 0.2) is 0 Å². The Morgan fingerprint density at radius 3 is 2.05 bits per heavy atom. The van der Waals surface area contributed by atoms with Crippen molar-refractivity contribution in [2.24, 2.45) is 0 Å². The molecule has 1 N–H and O–H groups in total. The molecule has 4 heteroatoms. The molecule has 3 rings (SSSR count). The predicted molar refractivity (Wildman–Crippen MR) is 66.2 cm³/mol. The molecule has 19 heavy (non-hydrogen) atoms. The van der Waals surface area contributed by atoms with Crippen LogP contribution in [-0.2, 0) is 12.8 Å². The summed E-state index contributed by atoms with van der Waals surface area (Å²) in [4.78, 5) is 10.7. The van der Waals surface area contributed by atoms with Gasteiger partial charge in [0.25, 0.3) is 0 Å². The fourth-order valence-corrected chi connectivity index (χ4v) is 2.32. The molecule has 0 unspecified atom stereocenters. The molecule has 1 aliphatic rings. The Kier molecular flexibility index (Phi) is 2.59. The van der Waals surface area contributed by atoms with Gasteiger partial charge in [0.05, 0.1) is 0 Å². The van der Waals surface area contributed by atoms with Crippen LogP contribution in [0, 0.1) is 11.6 Å². The van der Waals surface area contributed by atoms with Crippen molar-refractivity contribution < 1.29 is 18.7 Å². The van der Waals surface area contributed by atoms with Crippen molar-refractivity contribution in [3.05, 3.63) is 58.7 Å². The number of fused-ring (bicyclic) bond motifs is 1. The van der Waals surface area contributed by atoms with Crippen molar-refractivity contribution in [3.63, 3.8) is 0 Å². The van der Waals surface area contributed by atoms with Crippen LogP contribution in [-0.4, -0.2) is 11.1 Å². The molecule has 0 atom stereocenters. The van der Waals surface area contributed by atoms with Crippen LogP contribution in [0.4, 0.5) is 8.78 Å². The van der Waals surface area contributed by atoms with E-state index in [1.807, 2.05) is 12.1 Å². The van der Waals surface area contributed by atoms with Gasteiger partial charge >= 0.3 is 5.97 Å². The lowest BCUT2D eigenvalue weighted by Gasteiger charge is -2.19. The number of aromatic carboxylic acids is 1. The first-order valence-corrected chi connectivity index (χ1v) is 5.91. The van der Waals surface area contributed by atoms with Crippen LogP contribution < -0.4 is 0 Å². The van der Waals surface area contributed by atoms with Gasteiger partial charge in [-0.2, -0.15) is 0 Å². The number of benzene rings is 2. The molecular weight excluding hydrogens is 250 g/mol. The second kappa shape index (κ2) is 4.16. The Hall–Kier alpha value is -2.23. The zero-order chi connectivity index (χ0) is 13.6. The summed E-state index contributed by atoms with van der Waals surface area (Å²) >= 11 is 0. The highest BCUT2D eigenvalue weighted by molar-refractivity contribution is 5.89. The van der Waals surface area contributed by atoms with Crippen molar-refractivity contribution in [2.75, 3.05) is 0 Å². The fraction of sp³-hybridized carbons (Fsp3) is 0.133. The molecule has 2 aromatic rings. The number of halogens is 2. The third-order valence-electron chi connectivity index (χ3n) is 3.46. The lowest BCUT2D eigenvalue weighted by atomic mass is 9.86. The number of carbonyl (C=O) groups is 1. The van der Waals surface area contributed by atoms with E-state index in [2.05, 4.69) is 0 Å². The highest BCUT2D eigenvalue weighted by Crippen LogP contribution is 2.30. The van der Waals surface area contributed by atoms with Crippen LogP contribution in [0.5, 0.6) is 0 Å². The molecule has 0 aliphatic heterocycles. The summed E-state index contributed by atoms with van der Waals surface area (Å²) in [7, 11) is 0. The molecule has 2 aromatic carbocycles. The third kappa shape index (κ3) is 1.89.